The van der Waals surface area contributed by atoms with Crippen molar-refractivity contribution in [2.24, 2.45) is 0 Å². The molecule has 2 rings (SSSR count). The Kier molecular flexibility index (Phi) is 6.93. The maximum Gasteiger partial charge on any atom is 0.315 e. The zero-order chi connectivity index (χ0) is 20.1. The molecule has 0 saturated heterocycles. The Labute approximate surface area is 167 Å². The third kappa shape index (κ3) is 5.52. The van der Waals surface area contributed by atoms with Gasteiger partial charge in [0.2, 0.25) is 5.91 Å². The molecule has 6 nitrogen and oxygen atoms in total. The van der Waals surface area contributed by atoms with E-state index in [1.807, 2.05) is 13.8 Å². The summed E-state index contributed by atoms with van der Waals surface area (Å²) in [5.74, 6) is -0.252. The molecule has 0 atom stereocenters. The van der Waals surface area contributed by atoms with Gasteiger partial charge in [0, 0.05) is 11.3 Å². The van der Waals surface area contributed by atoms with Crippen LogP contribution < -0.4 is 10.1 Å². The number of anilines is 1. The van der Waals surface area contributed by atoms with Crippen molar-refractivity contribution >= 4 is 40.8 Å². The van der Waals surface area contributed by atoms with Gasteiger partial charge in [-0.25, -0.2) is 0 Å². The van der Waals surface area contributed by atoms with Crippen LogP contribution >= 0.6 is 23.2 Å². The number of carbonyl (C=O) groups excluding carboxylic acids is 2. The number of phenolic OH excluding ortho intramolecular Hbond substituents is 1. The maximum absolute atomic E-state index is 11.8. The van der Waals surface area contributed by atoms with Crippen LogP contribution in [0, 0.1) is 0 Å². The van der Waals surface area contributed by atoms with Gasteiger partial charge in [0.1, 0.15) is 17.9 Å². The second-order valence-corrected chi connectivity index (χ2v) is 6.86. The number of benzene rings is 2. The van der Waals surface area contributed by atoms with E-state index in [2.05, 4.69) is 10.1 Å². The third-order valence-corrected chi connectivity index (χ3v) is 4.22. The van der Waals surface area contributed by atoms with E-state index >= 15 is 0 Å². The van der Waals surface area contributed by atoms with Gasteiger partial charge in [0.25, 0.3) is 0 Å². The van der Waals surface area contributed by atoms with Gasteiger partial charge in [-0.05, 0) is 36.2 Å². The van der Waals surface area contributed by atoms with Crippen molar-refractivity contribution in [3.8, 4) is 17.2 Å². The summed E-state index contributed by atoms with van der Waals surface area (Å²) in [5.41, 5.74) is 1.05. The van der Waals surface area contributed by atoms with Crippen LogP contribution in [0.5, 0.6) is 17.2 Å². The summed E-state index contributed by atoms with van der Waals surface area (Å²) in [6.07, 6.45) is -0.421. The van der Waals surface area contributed by atoms with Crippen LogP contribution in [0.15, 0.2) is 30.3 Å². The van der Waals surface area contributed by atoms with E-state index in [0.717, 1.165) is 5.56 Å². The molecule has 0 heterocycles. The average molecular weight is 412 g/mol. The molecule has 8 heteroatoms. The first-order chi connectivity index (χ1) is 12.7. The Morgan fingerprint density at radius 3 is 2.33 bits per heavy atom. The highest BCUT2D eigenvalue weighted by Gasteiger charge is 2.15. The number of hydrogen-bond donors (Lipinski definition) is 2. The minimum absolute atomic E-state index is 0.104. The van der Waals surface area contributed by atoms with Crippen molar-refractivity contribution in [2.45, 2.75) is 26.2 Å². The molecule has 144 valence electrons. The van der Waals surface area contributed by atoms with Gasteiger partial charge in [-0.1, -0.05) is 37.0 Å². The fourth-order valence-corrected chi connectivity index (χ4v) is 2.88. The number of nitrogens with one attached hydrogen (secondary N) is 1. The molecule has 0 bridgehead atoms. The number of ether oxygens (including phenoxy) is 2. The molecule has 0 fully saturated rings. The summed E-state index contributed by atoms with van der Waals surface area (Å²) in [5, 5.41) is 12.8. The number of amides is 1. The lowest BCUT2D eigenvalue weighted by molar-refractivity contribution is -0.142. The predicted molar refractivity (Wildman–Crippen MR) is 104 cm³/mol. The van der Waals surface area contributed by atoms with E-state index in [1.54, 1.807) is 12.1 Å². The van der Waals surface area contributed by atoms with Crippen LogP contribution in [0.1, 0.15) is 31.7 Å². The number of hydrogen-bond acceptors (Lipinski definition) is 5. The molecule has 0 spiro atoms. The quantitative estimate of drug-likeness (QED) is 0.509. The van der Waals surface area contributed by atoms with Gasteiger partial charge >= 0.3 is 5.97 Å². The summed E-state index contributed by atoms with van der Waals surface area (Å²) < 4.78 is 10.2. The lowest BCUT2D eigenvalue weighted by Crippen LogP contribution is -2.17. The van der Waals surface area contributed by atoms with Gasteiger partial charge in [0.05, 0.1) is 17.2 Å². The Balaban J connectivity index is 2.21. The van der Waals surface area contributed by atoms with Crippen molar-refractivity contribution in [1.82, 2.24) is 0 Å². The van der Waals surface area contributed by atoms with Crippen LogP contribution in [0.25, 0.3) is 0 Å². The van der Waals surface area contributed by atoms with Crippen molar-refractivity contribution in [1.29, 1.82) is 0 Å². The first kappa shape index (κ1) is 20.9. The number of carbonyl (C=O) groups is 2. The van der Waals surface area contributed by atoms with E-state index in [4.69, 9.17) is 27.9 Å². The van der Waals surface area contributed by atoms with Gasteiger partial charge < -0.3 is 19.9 Å². The topological polar surface area (TPSA) is 84.9 Å². The molecule has 0 radical (unpaired) electrons. The van der Waals surface area contributed by atoms with Crippen molar-refractivity contribution < 1.29 is 24.2 Å². The first-order valence-corrected chi connectivity index (χ1v) is 8.83. The molecule has 0 aliphatic carbocycles. The Morgan fingerprint density at radius 1 is 1.15 bits per heavy atom. The summed E-state index contributed by atoms with van der Waals surface area (Å²) in [7, 11) is 1.20. The second-order valence-electron chi connectivity index (χ2n) is 6.05. The summed E-state index contributed by atoms with van der Waals surface area (Å²) in [6.45, 7) is 3.90. The van der Waals surface area contributed by atoms with Gasteiger partial charge in [-0.3, -0.25) is 9.59 Å². The summed E-state index contributed by atoms with van der Waals surface area (Å²) in [6, 6.07) is 7.76. The number of methoxy groups -OCH3 is 1. The zero-order valence-electron chi connectivity index (χ0n) is 15.0. The fourth-order valence-electron chi connectivity index (χ4n) is 2.31. The Bertz CT molecular complexity index is 844. The number of phenols is 1. The maximum atomic E-state index is 11.8. The standard InChI is InChI=1S/C19H19Cl2NO5/c1-10(2)13-8-12(4-5-16(13)23)27-19-14(20)6-11(7-15(19)21)22-17(24)9-18(25)26-3/h4-8,10,23H,9H2,1-3H3,(H,22,24). The van der Waals surface area contributed by atoms with Crippen LogP contribution in [0.3, 0.4) is 0 Å². The molecule has 0 aliphatic heterocycles. The number of esters is 1. The smallest absolute Gasteiger partial charge is 0.315 e. The molecule has 2 aromatic carbocycles. The van der Waals surface area contributed by atoms with Crippen LogP contribution in [0.2, 0.25) is 10.0 Å². The largest absolute Gasteiger partial charge is 0.508 e. The molecule has 1 amide bonds. The average Bonchev–Trinajstić information content (AvgIpc) is 2.58. The lowest BCUT2D eigenvalue weighted by atomic mass is 10.0. The molecular weight excluding hydrogens is 393 g/mol. The van der Waals surface area contributed by atoms with E-state index in [-0.39, 0.29) is 27.5 Å². The van der Waals surface area contributed by atoms with Crippen molar-refractivity contribution in [3.05, 3.63) is 45.9 Å². The normalized spacial score (nSPS) is 10.6. The highest BCUT2D eigenvalue weighted by atomic mass is 35.5. The molecule has 0 unspecified atom stereocenters. The fraction of sp³-hybridized carbons (Fsp3) is 0.263. The molecule has 2 N–H and O–H groups in total. The van der Waals surface area contributed by atoms with Crippen LogP contribution in [-0.4, -0.2) is 24.1 Å². The van der Waals surface area contributed by atoms with Crippen molar-refractivity contribution in [2.75, 3.05) is 12.4 Å². The van der Waals surface area contributed by atoms with E-state index in [0.29, 0.717) is 11.4 Å². The Morgan fingerprint density at radius 2 is 1.78 bits per heavy atom. The highest BCUT2D eigenvalue weighted by Crippen LogP contribution is 2.40. The van der Waals surface area contributed by atoms with Crippen molar-refractivity contribution in [3.63, 3.8) is 0 Å². The number of rotatable bonds is 6. The monoisotopic (exact) mass is 411 g/mol. The predicted octanol–water partition coefficient (Wildman–Crippen LogP) is 5.12. The van der Waals surface area contributed by atoms with Gasteiger partial charge in [-0.2, -0.15) is 0 Å². The molecule has 2 aromatic rings. The van der Waals surface area contributed by atoms with Gasteiger partial charge in [0.15, 0.2) is 5.75 Å². The Hall–Kier alpha value is -2.44. The number of halogens is 2. The zero-order valence-corrected chi connectivity index (χ0v) is 16.5. The first-order valence-electron chi connectivity index (χ1n) is 8.07. The van der Waals surface area contributed by atoms with Crippen LogP contribution in [0.4, 0.5) is 5.69 Å². The number of aromatic hydroxyl groups is 1. The SMILES string of the molecule is COC(=O)CC(=O)Nc1cc(Cl)c(Oc2ccc(O)c(C(C)C)c2)c(Cl)c1. The highest BCUT2D eigenvalue weighted by molar-refractivity contribution is 6.37. The molecule has 0 aromatic heterocycles. The molecule has 27 heavy (non-hydrogen) atoms. The molecule has 0 aliphatic rings. The lowest BCUT2D eigenvalue weighted by Gasteiger charge is -2.14. The summed E-state index contributed by atoms with van der Waals surface area (Å²) in [4.78, 5) is 22.9. The van der Waals surface area contributed by atoms with Crippen LogP contribution in [-0.2, 0) is 14.3 Å². The minimum atomic E-state index is -0.655. The van der Waals surface area contributed by atoms with E-state index < -0.39 is 18.3 Å². The summed E-state index contributed by atoms with van der Waals surface area (Å²) >= 11 is 12.5. The van der Waals surface area contributed by atoms with E-state index in [1.165, 1.54) is 25.3 Å². The molecule has 0 saturated carbocycles. The molecular formula is C19H19Cl2NO5. The van der Waals surface area contributed by atoms with Gasteiger partial charge in [-0.15, -0.1) is 0 Å². The van der Waals surface area contributed by atoms with E-state index in [9.17, 15) is 14.7 Å². The third-order valence-electron chi connectivity index (χ3n) is 3.66. The minimum Gasteiger partial charge on any atom is -0.508 e. The second kappa shape index (κ2) is 8.97.